The molecule has 0 saturated heterocycles. The molecule has 0 saturated carbocycles. The van der Waals surface area contributed by atoms with E-state index in [0.717, 1.165) is 0 Å². The van der Waals surface area contributed by atoms with E-state index in [1.807, 2.05) is 5.43 Å². The molecule has 0 radical (unpaired) electrons. The SMILES string of the molecule is CC(C)(COc1cccc([N+](=O)[O-])c1)C(=O)NN. The van der Waals surface area contributed by atoms with Gasteiger partial charge in [0, 0.05) is 6.07 Å². The van der Waals surface area contributed by atoms with Gasteiger partial charge in [0.05, 0.1) is 16.4 Å². The van der Waals surface area contributed by atoms with Crippen molar-refractivity contribution in [3.63, 3.8) is 0 Å². The largest absolute Gasteiger partial charge is 0.492 e. The van der Waals surface area contributed by atoms with Gasteiger partial charge in [-0.15, -0.1) is 0 Å². The Morgan fingerprint density at radius 1 is 1.56 bits per heavy atom. The zero-order valence-electron chi connectivity index (χ0n) is 10.2. The van der Waals surface area contributed by atoms with Crippen molar-refractivity contribution in [2.45, 2.75) is 13.8 Å². The summed E-state index contributed by atoms with van der Waals surface area (Å²) in [6, 6.07) is 5.77. The average molecular weight is 253 g/mol. The maximum absolute atomic E-state index is 11.4. The van der Waals surface area contributed by atoms with Crippen molar-refractivity contribution in [2.75, 3.05) is 6.61 Å². The smallest absolute Gasteiger partial charge is 0.273 e. The Balaban J connectivity index is 2.72. The van der Waals surface area contributed by atoms with Crippen molar-refractivity contribution in [3.05, 3.63) is 34.4 Å². The van der Waals surface area contributed by atoms with Crippen LogP contribution in [0.5, 0.6) is 5.75 Å². The van der Waals surface area contributed by atoms with Crippen molar-refractivity contribution in [1.29, 1.82) is 0 Å². The van der Waals surface area contributed by atoms with Crippen LogP contribution in [0.15, 0.2) is 24.3 Å². The highest BCUT2D eigenvalue weighted by molar-refractivity contribution is 5.81. The van der Waals surface area contributed by atoms with Crippen LogP contribution in [0.2, 0.25) is 0 Å². The minimum Gasteiger partial charge on any atom is -0.492 e. The Morgan fingerprint density at radius 2 is 2.22 bits per heavy atom. The second kappa shape index (κ2) is 5.46. The lowest BCUT2D eigenvalue weighted by Crippen LogP contribution is -2.44. The van der Waals surface area contributed by atoms with Crippen molar-refractivity contribution < 1.29 is 14.5 Å². The number of nitrogens with two attached hydrogens (primary N) is 1. The minimum absolute atomic E-state index is 0.0615. The molecule has 0 atom stereocenters. The first-order valence-corrected chi connectivity index (χ1v) is 5.25. The van der Waals surface area contributed by atoms with E-state index >= 15 is 0 Å². The number of benzene rings is 1. The molecule has 1 rings (SSSR count). The molecule has 0 bridgehead atoms. The molecule has 0 aliphatic heterocycles. The Kier molecular flexibility index (Phi) is 4.22. The van der Waals surface area contributed by atoms with Crippen LogP contribution in [0.1, 0.15) is 13.8 Å². The summed E-state index contributed by atoms with van der Waals surface area (Å²) in [6.07, 6.45) is 0. The Labute approximate surface area is 104 Å². The second-order valence-corrected chi connectivity index (χ2v) is 4.40. The molecule has 0 unspecified atom stereocenters. The van der Waals surface area contributed by atoms with Crippen LogP contribution >= 0.6 is 0 Å². The predicted octanol–water partition coefficient (Wildman–Crippen LogP) is 0.990. The molecule has 0 fully saturated rings. The van der Waals surface area contributed by atoms with Crippen molar-refractivity contribution in [1.82, 2.24) is 5.43 Å². The van der Waals surface area contributed by atoms with E-state index in [4.69, 9.17) is 10.6 Å². The van der Waals surface area contributed by atoms with E-state index in [9.17, 15) is 14.9 Å². The highest BCUT2D eigenvalue weighted by atomic mass is 16.6. The van der Waals surface area contributed by atoms with Gasteiger partial charge < -0.3 is 4.74 Å². The number of nitro groups is 1. The van der Waals surface area contributed by atoms with Crippen molar-refractivity contribution >= 4 is 11.6 Å². The quantitative estimate of drug-likeness (QED) is 0.352. The summed E-state index contributed by atoms with van der Waals surface area (Å²) < 4.78 is 5.36. The molecule has 7 heteroatoms. The lowest BCUT2D eigenvalue weighted by molar-refractivity contribution is -0.384. The minimum atomic E-state index is -0.820. The summed E-state index contributed by atoms with van der Waals surface area (Å²) in [5.41, 5.74) is 1.16. The normalized spacial score (nSPS) is 10.8. The number of carbonyl (C=O) groups is 1. The first-order valence-electron chi connectivity index (χ1n) is 5.25. The molecule has 1 aromatic rings. The van der Waals surface area contributed by atoms with E-state index in [2.05, 4.69) is 0 Å². The molecule has 1 aromatic carbocycles. The van der Waals surface area contributed by atoms with Gasteiger partial charge in [0.1, 0.15) is 12.4 Å². The van der Waals surface area contributed by atoms with Gasteiger partial charge >= 0.3 is 0 Å². The number of carbonyl (C=O) groups excluding carboxylic acids is 1. The van der Waals surface area contributed by atoms with Gasteiger partial charge in [-0.3, -0.25) is 20.3 Å². The Bertz CT molecular complexity index is 459. The molecular formula is C11H15N3O4. The van der Waals surface area contributed by atoms with E-state index in [1.54, 1.807) is 19.9 Å². The highest BCUT2D eigenvalue weighted by Gasteiger charge is 2.28. The standard InChI is InChI=1S/C11H15N3O4/c1-11(2,10(15)13-12)7-18-9-5-3-4-8(6-9)14(16)17/h3-6H,7,12H2,1-2H3,(H,13,15). The van der Waals surface area contributed by atoms with Crippen molar-refractivity contribution in [2.24, 2.45) is 11.3 Å². The van der Waals surface area contributed by atoms with Crippen LogP contribution in [0, 0.1) is 15.5 Å². The monoisotopic (exact) mass is 253 g/mol. The number of rotatable bonds is 5. The third-order valence-corrected chi connectivity index (χ3v) is 2.37. The van der Waals surface area contributed by atoms with E-state index in [0.29, 0.717) is 5.75 Å². The highest BCUT2D eigenvalue weighted by Crippen LogP contribution is 2.22. The molecular weight excluding hydrogens is 238 g/mol. The topological polar surface area (TPSA) is 107 Å². The van der Waals surface area contributed by atoms with Crippen LogP contribution in [-0.4, -0.2) is 17.4 Å². The van der Waals surface area contributed by atoms with E-state index < -0.39 is 10.3 Å². The summed E-state index contributed by atoms with van der Waals surface area (Å²) in [6.45, 7) is 3.39. The van der Waals surface area contributed by atoms with Crippen LogP contribution in [0.25, 0.3) is 0 Å². The molecule has 0 aromatic heterocycles. The summed E-state index contributed by atoms with van der Waals surface area (Å²) >= 11 is 0. The van der Waals surface area contributed by atoms with Gasteiger partial charge in [0.2, 0.25) is 5.91 Å². The first kappa shape index (κ1) is 13.9. The molecule has 7 nitrogen and oxygen atoms in total. The average Bonchev–Trinajstić information content (AvgIpc) is 2.35. The molecule has 0 aliphatic carbocycles. The lowest BCUT2D eigenvalue weighted by atomic mass is 9.94. The zero-order valence-corrected chi connectivity index (χ0v) is 10.2. The summed E-state index contributed by atoms with van der Waals surface area (Å²) in [5.74, 6) is 5.01. The van der Waals surface area contributed by atoms with Crippen LogP contribution in [0.4, 0.5) is 5.69 Å². The molecule has 0 aliphatic rings. The number of nitro benzene ring substituents is 1. The predicted molar refractivity (Wildman–Crippen MR) is 64.7 cm³/mol. The van der Waals surface area contributed by atoms with Gasteiger partial charge in [0.15, 0.2) is 0 Å². The Morgan fingerprint density at radius 3 is 2.78 bits per heavy atom. The van der Waals surface area contributed by atoms with Gasteiger partial charge in [-0.1, -0.05) is 6.07 Å². The maximum Gasteiger partial charge on any atom is 0.273 e. The Hall–Kier alpha value is -2.15. The summed E-state index contributed by atoms with van der Waals surface area (Å²) in [7, 11) is 0. The number of hydrazine groups is 1. The fourth-order valence-corrected chi connectivity index (χ4v) is 1.21. The number of nitrogens with one attached hydrogen (secondary N) is 1. The van der Waals surface area contributed by atoms with E-state index in [1.165, 1.54) is 18.2 Å². The van der Waals surface area contributed by atoms with Gasteiger partial charge in [-0.05, 0) is 19.9 Å². The van der Waals surface area contributed by atoms with E-state index in [-0.39, 0.29) is 18.2 Å². The van der Waals surface area contributed by atoms with Crippen LogP contribution in [0.3, 0.4) is 0 Å². The summed E-state index contributed by atoms with van der Waals surface area (Å²) in [5, 5.41) is 10.6. The number of non-ortho nitro benzene ring substituents is 1. The summed E-state index contributed by atoms with van der Waals surface area (Å²) in [4.78, 5) is 21.5. The van der Waals surface area contributed by atoms with Gasteiger partial charge in [0.25, 0.3) is 5.69 Å². The first-order chi connectivity index (χ1) is 8.36. The van der Waals surface area contributed by atoms with Crippen LogP contribution in [-0.2, 0) is 4.79 Å². The van der Waals surface area contributed by atoms with Crippen molar-refractivity contribution in [3.8, 4) is 5.75 Å². The fourth-order valence-electron chi connectivity index (χ4n) is 1.21. The number of amides is 1. The maximum atomic E-state index is 11.4. The molecule has 3 N–H and O–H groups in total. The fraction of sp³-hybridized carbons (Fsp3) is 0.364. The molecule has 0 spiro atoms. The number of hydrogen-bond donors (Lipinski definition) is 2. The molecule has 18 heavy (non-hydrogen) atoms. The number of hydrogen-bond acceptors (Lipinski definition) is 5. The van der Waals surface area contributed by atoms with Crippen LogP contribution < -0.4 is 16.0 Å². The third kappa shape index (κ3) is 3.42. The van der Waals surface area contributed by atoms with Gasteiger partial charge in [-0.2, -0.15) is 0 Å². The number of ether oxygens (including phenoxy) is 1. The third-order valence-electron chi connectivity index (χ3n) is 2.37. The molecule has 1 amide bonds. The second-order valence-electron chi connectivity index (χ2n) is 4.40. The van der Waals surface area contributed by atoms with Gasteiger partial charge in [-0.25, -0.2) is 5.84 Å². The number of nitrogens with zero attached hydrogens (tertiary/aromatic N) is 1. The molecule has 0 heterocycles. The lowest BCUT2D eigenvalue weighted by Gasteiger charge is -2.22. The zero-order chi connectivity index (χ0) is 13.8. The molecule has 98 valence electrons.